The maximum atomic E-state index is 11.5. The molecule has 82 valence electrons. The van der Waals surface area contributed by atoms with Crippen molar-refractivity contribution in [3.63, 3.8) is 0 Å². The van der Waals surface area contributed by atoms with Crippen LogP contribution >= 0.6 is 15.9 Å². The Morgan fingerprint density at radius 3 is 2.47 bits per heavy atom. The summed E-state index contributed by atoms with van der Waals surface area (Å²) in [6, 6.07) is 5.03. The van der Waals surface area contributed by atoms with Crippen LogP contribution < -0.4 is 0 Å². The van der Waals surface area contributed by atoms with E-state index in [9.17, 15) is 13.2 Å². The zero-order valence-corrected chi connectivity index (χ0v) is 10.9. The van der Waals surface area contributed by atoms with Crippen molar-refractivity contribution in [2.75, 3.05) is 12.0 Å². The molecule has 0 radical (unpaired) electrons. The summed E-state index contributed by atoms with van der Waals surface area (Å²) in [5.41, 5.74) is 1.34. The molecule has 1 aromatic carbocycles. The van der Waals surface area contributed by atoms with Crippen molar-refractivity contribution in [2.24, 2.45) is 0 Å². The van der Waals surface area contributed by atoms with Crippen molar-refractivity contribution >= 4 is 31.6 Å². The molecule has 0 aliphatic heterocycles. The van der Waals surface area contributed by atoms with E-state index in [1.54, 1.807) is 18.2 Å². The number of hydrogen-bond acceptors (Lipinski definition) is 3. The predicted octanol–water partition coefficient (Wildman–Crippen LogP) is 1.98. The van der Waals surface area contributed by atoms with Crippen LogP contribution in [0.5, 0.6) is 0 Å². The van der Waals surface area contributed by atoms with Gasteiger partial charge in [-0.15, -0.1) is 0 Å². The van der Waals surface area contributed by atoms with Crippen LogP contribution in [0.15, 0.2) is 22.7 Å². The average Bonchev–Trinajstić information content (AvgIpc) is 2.06. The van der Waals surface area contributed by atoms with Gasteiger partial charge in [-0.1, -0.05) is 22.0 Å². The second-order valence-electron chi connectivity index (χ2n) is 3.46. The summed E-state index contributed by atoms with van der Waals surface area (Å²) >= 11 is 3.31. The third-order valence-electron chi connectivity index (χ3n) is 1.87. The van der Waals surface area contributed by atoms with Crippen molar-refractivity contribution in [3.8, 4) is 0 Å². The van der Waals surface area contributed by atoms with Gasteiger partial charge in [-0.05, 0) is 24.6 Å². The Morgan fingerprint density at radius 1 is 1.40 bits per heavy atom. The van der Waals surface area contributed by atoms with Gasteiger partial charge in [-0.25, -0.2) is 8.42 Å². The molecular weight excluding hydrogens is 280 g/mol. The zero-order valence-electron chi connectivity index (χ0n) is 8.45. The Balaban J connectivity index is 2.98. The number of halogens is 1. The minimum absolute atomic E-state index is 0.367. The molecule has 0 bridgehead atoms. The molecule has 15 heavy (non-hydrogen) atoms. The lowest BCUT2D eigenvalue weighted by Crippen LogP contribution is -2.14. The van der Waals surface area contributed by atoms with Gasteiger partial charge in [0.2, 0.25) is 0 Å². The molecule has 1 rings (SSSR count). The van der Waals surface area contributed by atoms with Crippen LogP contribution in [0.3, 0.4) is 0 Å². The van der Waals surface area contributed by atoms with Gasteiger partial charge in [-0.3, -0.25) is 4.79 Å². The van der Waals surface area contributed by atoms with E-state index in [1.165, 1.54) is 0 Å². The first-order chi connectivity index (χ1) is 6.79. The summed E-state index contributed by atoms with van der Waals surface area (Å²) < 4.78 is 22.8. The van der Waals surface area contributed by atoms with Crippen molar-refractivity contribution in [3.05, 3.63) is 33.8 Å². The van der Waals surface area contributed by atoms with Gasteiger partial charge in [0, 0.05) is 16.3 Å². The van der Waals surface area contributed by atoms with E-state index >= 15 is 0 Å². The molecule has 0 heterocycles. The summed E-state index contributed by atoms with van der Waals surface area (Å²) in [6.45, 7) is 1.85. The van der Waals surface area contributed by atoms with E-state index in [2.05, 4.69) is 15.9 Å². The lowest BCUT2D eigenvalue weighted by atomic mass is 10.1. The molecule has 3 nitrogen and oxygen atoms in total. The lowest BCUT2D eigenvalue weighted by Gasteiger charge is -2.02. The summed E-state index contributed by atoms with van der Waals surface area (Å²) in [4.78, 5) is 11.5. The zero-order chi connectivity index (χ0) is 11.6. The summed E-state index contributed by atoms with van der Waals surface area (Å²) in [5.74, 6) is -0.804. The standard InChI is InChI=1S/C10H11BrO3S/c1-7-5-8(3-4-9(7)11)10(12)6-15(2,13)14/h3-5H,6H2,1-2H3. The number of benzene rings is 1. The minimum atomic E-state index is -3.26. The van der Waals surface area contributed by atoms with Crippen LogP contribution in [-0.4, -0.2) is 26.2 Å². The molecule has 0 saturated heterocycles. The van der Waals surface area contributed by atoms with Gasteiger partial charge < -0.3 is 0 Å². The smallest absolute Gasteiger partial charge is 0.177 e. The lowest BCUT2D eigenvalue weighted by molar-refractivity contribution is 0.102. The van der Waals surface area contributed by atoms with Gasteiger partial charge in [0.05, 0.1) is 0 Å². The largest absolute Gasteiger partial charge is 0.293 e. The summed E-state index contributed by atoms with van der Waals surface area (Å²) in [7, 11) is -3.26. The fourth-order valence-electron chi connectivity index (χ4n) is 1.14. The summed E-state index contributed by atoms with van der Waals surface area (Å²) in [6.07, 6.45) is 1.05. The van der Waals surface area contributed by atoms with E-state index in [-0.39, 0.29) is 5.78 Å². The fourth-order valence-corrected chi connectivity index (χ4v) is 2.03. The molecule has 0 saturated carbocycles. The number of aryl methyl sites for hydroxylation is 1. The van der Waals surface area contributed by atoms with Crippen molar-refractivity contribution in [1.82, 2.24) is 0 Å². The first-order valence-electron chi connectivity index (χ1n) is 4.26. The van der Waals surface area contributed by atoms with Gasteiger partial charge in [0.25, 0.3) is 0 Å². The first kappa shape index (κ1) is 12.4. The van der Waals surface area contributed by atoms with Crippen LogP contribution in [0.1, 0.15) is 15.9 Å². The van der Waals surface area contributed by atoms with Gasteiger partial charge in [0.1, 0.15) is 5.75 Å². The third-order valence-corrected chi connectivity index (χ3v) is 3.55. The Labute approximate surface area is 97.5 Å². The molecule has 0 aliphatic carbocycles. The third kappa shape index (κ3) is 3.76. The molecule has 5 heteroatoms. The van der Waals surface area contributed by atoms with Gasteiger partial charge >= 0.3 is 0 Å². The predicted molar refractivity (Wildman–Crippen MR) is 62.9 cm³/mol. The number of hydrogen-bond donors (Lipinski definition) is 0. The number of Topliss-reactive ketones (excluding diaryl/α,β-unsaturated/α-hetero) is 1. The fraction of sp³-hybridized carbons (Fsp3) is 0.300. The van der Waals surface area contributed by atoms with Crippen molar-refractivity contribution in [1.29, 1.82) is 0 Å². The molecule has 0 amide bonds. The number of sulfone groups is 1. The molecule has 0 N–H and O–H groups in total. The Bertz CT molecular complexity index is 491. The van der Waals surface area contributed by atoms with Crippen LogP contribution in [0, 0.1) is 6.92 Å². The highest BCUT2D eigenvalue weighted by Gasteiger charge is 2.13. The van der Waals surface area contributed by atoms with E-state index in [1.807, 2.05) is 6.92 Å². The Kier molecular flexibility index (Phi) is 3.67. The van der Waals surface area contributed by atoms with Crippen LogP contribution in [-0.2, 0) is 9.84 Å². The average molecular weight is 291 g/mol. The Morgan fingerprint density at radius 2 is 2.00 bits per heavy atom. The number of carbonyl (C=O) groups is 1. The first-order valence-corrected chi connectivity index (χ1v) is 7.12. The molecular formula is C10H11BrO3S. The van der Waals surface area contributed by atoms with Crippen molar-refractivity contribution < 1.29 is 13.2 Å². The van der Waals surface area contributed by atoms with Gasteiger partial charge in [0.15, 0.2) is 15.6 Å². The highest BCUT2D eigenvalue weighted by Crippen LogP contribution is 2.17. The second kappa shape index (κ2) is 4.45. The number of rotatable bonds is 3. The number of ketones is 1. The van der Waals surface area contributed by atoms with Crippen LogP contribution in [0.2, 0.25) is 0 Å². The highest BCUT2D eigenvalue weighted by atomic mass is 79.9. The van der Waals surface area contributed by atoms with Gasteiger partial charge in [-0.2, -0.15) is 0 Å². The maximum Gasteiger partial charge on any atom is 0.177 e. The van der Waals surface area contributed by atoms with E-state index in [4.69, 9.17) is 0 Å². The quantitative estimate of drug-likeness (QED) is 0.800. The second-order valence-corrected chi connectivity index (χ2v) is 6.45. The monoisotopic (exact) mass is 290 g/mol. The number of carbonyl (C=O) groups excluding carboxylic acids is 1. The molecule has 0 spiro atoms. The topological polar surface area (TPSA) is 51.2 Å². The SMILES string of the molecule is Cc1cc(C(=O)CS(C)(=O)=O)ccc1Br. The maximum absolute atomic E-state index is 11.5. The van der Waals surface area contributed by atoms with E-state index in [0.717, 1.165) is 16.3 Å². The minimum Gasteiger partial charge on any atom is -0.293 e. The molecule has 0 atom stereocenters. The molecule has 0 unspecified atom stereocenters. The van der Waals surface area contributed by atoms with Crippen LogP contribution in [0.25, 0.3) is 0 Å². The van der Waals surface area contributed by atoms with Crippen LogP contribution in [0.4, 0.5) is 0 Å². The molecule has 0 aliphatic rings. The normalized spacial score (nSPS) is 11.4. The highest BCUT2D eigenvalue weighted by molar-refractivity contribution is 9.10. The molecule has 0 aromatic heterocycles. The van der Waals surface area contributed by atoms with Crippen molar-refractivity contribution in [2.45, 2.75) is 6.92 Å². The molecule has 0 fully saturated rings. The Hall–Kier alpha value is -0.680. The van der Waals surface area contributed by atoms with E-state index < -0.39 is 15.6 Å². The summed E-state index contributed by atoms with van der Waals surface area (Å²) in [5, 5.41) is 0. The molecule has 1 aromatic rings. The van der Waals surface area contributed by atoms with E-state index in [0.29, 0.717) is 5.56 Å².